The number of likely N-dealkylation sites (N-methyl/N-ethyl adjacent to an activating group) is 1. The number of esters is 1. The molecule has 0 unspecified atom stereocenters. The van der Waals surface area contributed by atoms with Crippen molar-refractivity contribution in [3.05, 3.63) is 0 Å². The molecule has 2 saturated carbocycles. The first-order valence-electron chi connectivity index (χ1n) is 8.59. The van der Waals surface area contributed by atoms with Gasteiger partial charge in [0.15, 0.2) is 0 Å². The molecular weight excluding hydrogens is 264 g/mol. The van der Waals surface area contributed by atoms with Crippen molar-refractivity contribution in [2.75, 3.05) is 33.8 Å². The molecule has 2 aliphatic rings. The van der Waals surface area contributed by atoms with Gasteiger partial charge in [0.25, 0.3) is 0 Å². The Bertz CT molecular complexity index is 339. The van der Waals surface area contributed by atoms with Crippen molar-refractivity contribution in [2.24, 2.45) is 5.41 Å². The van der Waals surface area contributed by atoms with Gasteiger partial charge in [0.2, 0.25) is 0 Å². The Morgan fingerprint density at radius 2 is 1.71 bits per heavy atom. The predicted molar refractivity (Wildman–Crippen MR) is 85.3 cm³/mol. The van der Waals surface area contributed by atoms with Gasteiger partial charge in [0, 0.05) is 13.1 Å². The Morgan fingerprint density at radius 3 is 2.24 bits per heavy atom. The highest BCUT2D eigenvalue weighted by atomic mass is 16.5. The zero-order valence-electron chi connectivity index (χ0n) is 14.0. The van der Waals surface area contributed by atoms with Gasteiger partial charge in [-0.25, -0.2) is 0 Å². The van der Waals surface area contributed by atoms with Gasteiger partial charge < -0.3 is 15.0 Å². The molecule has 0 radical (unpaired) electrons. The lowest BCUT2D eigenvalue weighted by Gasteiger charge is -2.44. The van der Waals surface area contributed by atoms with Gasteiger partial charge >= 0.3 is 5.97 Å². The maximum atomic E-state index is 12.5. The minimum Gasteiger partial charge on any atom is -0.465 e. The maximum Gasteiger partial charge on any atom is 0.326 e. The summed E-state index contributed by atoms with van der Waals surface area (Å²) in [5.74, 6) is -0.0309. The third kappa shape index (κ3) is 3.98. The van der Waals surface area contributed by atoms with Crippen LogP contribution in [-0.4, -0.2) is 50.2 Å². The van der Waals surface area contributed by atoms with E-state index in [1.165, 1.54) is 38.5 Å². The third-order valence-electron chi connectivity index (χ3n) is 5.52. The highest BCUT2D eigenvalue weighted by Gasteiger charge is 2.48. The van der Waals surface area contributed by atoms with Crippen LogP contribution in [0.5, 0.6) is 0 Å². The summed E-state index contributed by atoms with van der Waals surface area (Å²) in [5, 5.41) is 3.54. The van der Waals surface area contributed by atoms with Crippen LogP contribution in [0.1, 0.15) is 58.3 Å². The van der Waals surface area contributed by atoms with Gasteiger partial charge in [0.1, 0.15) is 5.54 Å². The summed E-state index contributed by atoms with van der Waals surface area (Å²) in [6, 6.07) is 0. The van der Waals surface area contributed by atoms with Crippen LogP contribution >= 0.6 is 0 Å². The quantitative estimate of drug-likeness (QED) is 0.765. The van der Waals surface area contributed by atoms with E-state index in [-0.39, 0.29) is 5.97 Å². The van der Waals surface area contributed by atoms with Crippen LogP contribution in [0.15, 0.2) is 0 Å². The van der Waals surface area contributed by atoms with Crippen LogP contribution < -0.4 is 5.32 Å². The molecule has 4 heteroatoms. The fraction of sp³-hybridized carbons (Fsp3) is 0.941. The molecule has 0 aromatic heterocycles. The Balaban J connectivity index is 1.98. The second-order valence-corrected chi connectivity index (χ2v) is 7.24. The first kappa shape index (κ1) is 16.8. The molecule has 0 bridgehead atoms. The molecule has 0 aromatic rings. The van der Waals surface area contributed by atoms with Crippen molar-refractivity contribution in [3.8, 4) is 0 Å². The van der Waals surface area contributed by atoms with Crippen LogP contribution in [0.3, 0.4) is 0 Å². The van der Waals surface area contributed by atoms with Crippen molar-refractivity contribution >= 4 is 5.97 Å². The molecule has 0 aliphatic heterocycles. The van der Waals surface area contributed by atoms with Gasteiger partial charge in [-0.1, -0.05) is 12.8 Å². The largest absolute Gasteiger partial charge is 0.465 e. The smallest absolute Gasteiger partial charge is 0.326 e. The summed E-state index contributed by atoms with van der Waals surface area (Å²) < 4.78 is 5.38. The normalized spacial score (nSPS) is 23.6. The van der Waals surface area contributed by atoms with Crippen molar-refractivity contribution < 1.29 is 9.53 Å². The molecule has 122 valence electrons. The highest BCUT2D eigenvalue weighted by Crippen LogP contribution is 2.51. The van der Waals surface area contributed by atoms with Crippen molar-refractivity contribution in [2.45, 2.75) is 63.8 Å². The van der Waals surface area contributed by atoms with Gasteiger partial charge in [-0.15, -0.1) is 0 Å². The first-order chi connectivity index (χ1) is 10.0. The third-order valence-corrected chi connectivity index (χ3v) is 5.52. The van der Waals surface area contributed by atoms with E-state index in [1.54, 1.807) is 0 Å². The molecule has 0 amide bonds. The molecule has 1 N–H and O–H groups in total. The zero-order chi connectivity index (χ0) is 15.3. The molecule has 4 nitrogen and oxygen atoms in total. The highest BCUT2D eigenvalue weighted by molar-refractivity contribution is 5.81. The van der Waals surface area contributed by atoms with Crippen molar-refractivity contribution in [1.29, 1.82) is 0 Å². The van der Waals surface area contributed by atoms with Gasteiger partial charge in [-0.2, -0.15) is 0 Å². The fourth-order valence-corrected chi connectivity index (χ4v) is 4.07. The monoisotopic (exact) mass is 296 g/mol. The molecule has 21 heavy (non-hydrogen) atoms. The summed E-state index contributed by atoms with van der Waals surface area (Å²) in [5.41, 5.74) is 0.110. The topological polar surface area (TPSA) is 41.6 Å². The summed E-state index contributed by atoms with van der Waals surface area (Å²) in [4.78, 5) is 14.6. The van der Waals surface area contributed by atoms with Crippen LogP contribution in [0.2, 0.25) is 0 Å². The van der Waals surface area contributed by atoms with E-state index < -0.39 is 5.54 Å². The first-order valence-corrected chi connectivity index (χ1v) is 8.59. The van der Waals surface area contributed by atoms with Gasteiger partial charge in [-0.3, -0.25) is 4.79 Å². The maximum absolute atomic E-state index is 12.5. The number of hydrogen-bond donors (Lipinski definition) is 1. The summed E-state index contributed by atoms with van der Waals surface area (Å²) >= 11 is 0. The van der Waals surface area contributed by atoms with E-state index in [4.69, 9.17) is 4.74 Å². The molecule has 2 aliphatic carbocycles. The van der Waals surface area contributed by atoms with Crippen molar-refractivity contribution in [1.82, 2.24) is 10.2 Å². The van der Waals surface area contributed by atoms with Crippen LogP contribution in [-0.2, 0) is 9.53 Å². The molecule has 0 saturated heterocycles. The zero-order valence-corrected chi connectivity index (χ0v) is 14.0. The molecule has 1 spiro atoms. The average Bonchev–Trinajstić information content (AvgIpc) is 2.90. The minimum atomic E-state index is -0.431. The Kier molecular flexibility index (Phi) is 5.67. The van der Waals surface area contributed by atoms with E-state index in [9.17, 15) is 4.79 Å². The number of rotatable bonds is 6. The molecule has 2 fully saturated rings. The minimum absolute atomic E-state index is 0.0309. The Hall–Kier alpha value is -0.610. The standard InChI is InChI=1S/C17H32N2O2/c1-4-21-15(20)17(18-13-14-19(2)3)11-9-16(10-12-17)7-5-6-8-16/h18H,4-14H2,1-3H3. The molecule has 0 heterocycles. The van der Waals surface area contributed by atoms with Crippen LogP contribution in [0, 0.1) is 5.41 Å². The number of carbonyl (C=O) groups excluding carboxylic acids is 1. The van der Waals surface area contributed by atoms with Gasteiger partial charge in [0.05, 0.1) is 6.61 Å². The Morgan fingerprint density at radius 1 is 1.10 bits per heavy atom. The second-order valence-electron chi connectivity index (χ2n) is 7.24. The molecule has 0 atom stereocenters. The van der Waals surface area contributed by atoms with Crippen molar-refractivity contribution in [3.63, 3.8) is 0 Å². The van der Waals surface area contributed by atoms with E-state index in [0.717, 1.165) is 25.9 Å². The number of hydrogen-bond acceptors (Lipinski definition) is 4. The summed E-state index contributed by atoms with van der Waals surface area (Å²) in [7, 11) is 4.13. The lowest BCUT2D eigenvalue weighted by atomic mass is 9.66. The SMILES string of the molecule is CCOC(=O)C1(NCCN(C)C)CCC2(CCCC2)CC1. The lowest BCUT2D eigenvalue weighted by molar-refractivity contribution is -0.154. The molecule has 0 aromatic carbocycles. The van der Waals surface area contributed by atoms with E-state index in [1.807, 2.05) is 6.92 Å². The van der Waals surface area contributed by atoms with E-state index in [0.29, 0.717) is 12.0 Å². The van der Waals surface area contributed by atoms with Crippen LogP contribution in [0.25, 0.3) is 0 Å². The lowest BCUT2D eigenvalue weighted by Crippen LogP contribution is -2.57. The predicted octanol–water partition coefficient (Wildman–Crippen LogP) is 2.57. The van der Waals surface area contributed by atoms with Gasteiger partial charge in [-0.05, 0) is 65.0 Å². The van der Waals surface area contributed by atoms with E-state index in [2.05, 4.69) is 24.3 Å². The summed E-state index contributed by atoms with van der Waals surface area (Å²) in [6.07, 6.45) is 9.73. The average molecular weight is 296 g/mol. The van der Waals surface area contributed by atoms with Crippen LogP contribution in [0.4, 0.5) is 0 Å². The number of nitrogens with zero attached hydrogens (tertiary/aromatic N) is 1. The van der Waals surface area contributed by atoms with E-state index >= 15 is 0 Å². The Labute approximate surface area is 129 Å². The number of ether oxygens (including phenoxy) is 1. The summed E-state index contributed by atoms with van der Waals surface area (Å²) in [6.45, 7) is 4.17. The number of nitrogens with one attached hydrogen (secondary N) is 1. The number of carbonyl (C=O) groups is 1. The molecule has 2 rings (SSSR count). The fourth-order valence-electron chi connectivity index (χ4n) is 4.07. The second kappa shape index (κ2) is 7.10. The molecular formula is C17H32N2O2.